The lowest BCUT2D eigenvalue weighted by atomic mass is 9.98. The van der Waals surface area contributed by atoms with E-state index in [-0.39, 0.29) is 5.78 Å². The monoisotopic (exact) mass is 312 g/mol. The van der Waals surface area contributed by atoms with E-state index >= 15 is 0 Å². The fraction of sp³-hybridized carbons (Fsp3) is 0.300. The highest BCUT2D eigenvalue weighted by Gasteiger charge is 2.14. The molecule has 0 aliphatic carbocycles. The minimum absolute atomic E-state index is 0.00213. The Labute approximate surface area is 140 Å². The number of hydrogen-bond acceptors (Lipinski definition) is 3. The second-order valence-electron chi connectivity index (χ2n) is 4.44. The Morgan fingerprint density at radius 1 is 0.870 bits per heavy atom. The van der Waals surface area contributed by atoms with Crippen LogP contribution in [-0.2, 0) is 0 Å². The summed E-state index contributed by atoms with van der Waals surface area (Å²) in [6, 6.07) is 13.1. The number of rotatable bonds is 4. The summed E-state index contributed by atoms with van der Waals surface area (Å²) < 4.78 is 0. The summed E-state index contributed by atoms with van der Waals surface area (Å²) in [5, 5.41) is 0. The normalized spacial score (nSPS) is 9.74. The van der Waals surface area contributed by atoms with E-state index in [1.54, 1.807) is 24.5 Å². The third-order valence-electron chi connectivity index (χ3n) is 2.66. The van der Waals surface area contributed by atoms with Crippen LogP contribution in [0.2, 0.25) is 0 Å². The Kier molecular flexibility index (Phi) is 10.9. The zero-order valence-corrected chi connectivity index (χ0v) is 15.1. The first-order chi connectivity index (χ1) is 11.2. The molecule has 0 bridgehead atoms. The average molecular weight is 312 g/mol. The van der Waals surface area contributed by atoms with Crippen LogP contribution in [-0.4, -0.2) is 29.8 Å². The minimum Gasteiger partial charge on any atom is -0.383 e. The van der Waals surface area contributed by atoms with Crippen molar-refractivity contribution in [1.82, 2.24) is 9.88 Å². The van der Waals surface area contributed by atoms with Gasteiger partial charge in [0, 0.05) is 43.8 Å². The number of Topliss-reactive ketones (excluding diaryl/α,β-unsaturated/α-hetero) is 1. The van der Waals surface area contributed by atoms with E-state index in [2.05, 4.69) is 4.98 Å². The minimum atomic E-state index is 0.00213. The standard InChI is InChI=1S/C16H16N2O.2C2H6/c1-18(2)12-15(13-6-4-3-5-7-13)16(19)14-8-10-17-11-9-14;2*1-2/h3-12H,1-2H3;2*1-2H3/b15-12+;;. The van der Waals surface area contributed by atoms with E-state index in [1.807, 2.05) is 83.2 Å². The van der Waals surface area contributed by atoms with Crippen LogP contribution >= 0.6 is 0 Å². The van der Waals surface area contributed by atoms with Gasteiger partial charge in [0.1, 0.15) is 0 Å². The molecular formula is C20H28N2O. The molecule has 0 unspecified atom stereocenters. The highest BCUT2D eigenvalue weighted by atomic mass is 16.1. The summed E-state index contributed by atoms with van der Waals surface area (Å²) in [4.78, 5) is 18.4. The summed E-state index contributed by atoms with van der Waals surface area (Å²) >= 11 is 0. The second kappa shape index (κ2) is 12.2. The quantitative estimate of drug-likeness (QED) is 0.593. The van der Waals surface area contributed by atoms with Gasteiger partial charge in [-0.1, -0.05) is 58.0 Å². The van der Waals surface area contributed by atoms with Gasteiger partial charge in [0.2, 0.25) is 0 Å². The first-order valence-electron chi connectivity index (χ1n) is 8.07. The Morgan fingerprint density at radius 3 is 1.87 bits per heavy atom. The molecule has 0 aliphatic heterocycles. The summed E-state index contributed by atoms with van der Waals surface area (Å²) in [6.45, 7) is 8.00. The molecule has 2 aromatic rings. The number of ketones is 1. The third-order valence-corrected chi connectivity index (χ3v) is 2.66. The molecule has 0 N–H and O–H groups in total. The predicted octanol–water partition coefficient (Wildman–Crippen LogP) is 4.92. The molecular weight excluding hydrogens is 284 g/mol. The molecule has 3 heteroatoms. The molecule has 0 fully saturated rings. The summed E-state index contributed by atoms with van der Waals surface area (Å²) in [5.74, 6) is 0.00213. The lowest BCUT2D eigenvalue weighted by Crippen LogP contribution is -2.09. The number of nitrogens with zero attached hydrogens (tertiary/aromatic N) is 2. The van der Waals surface area contributed by atoms with Gasteiger partial charge in [0.15, 0.2) is 5.78 Å². The molecule has 0 atom stereocenters. The maximum atomic E-state index is 12.6. The van der Waals surface area contributed by atoms with Crippen molar-refractivity contribution >= 4 is 11.4 Å². The van der Waals surface area contributed by atoms with Gasteiger partial charge in [0.25, 0.3) is 0 Å². The molecule has 1 heterocycles. The van der Waals surface area contributed by atoms with Crippen LogP contribution in [0.15, 0.2) is 61.1 Å². The van der Waals surface area contributed by atoms with E-state index in [0.29, 0.717) is 11.1 Å². The van der Waals surface area contributed by atoms with Crippen molar-refractivity contribution in [3.05, 3.63) is 72.2 Å². The highest BCUT2D eigenvalue weighted by Crippen LogP contribution is 2.19. The zero-order valence-electron chi connectivity index (χ0n) is 15.1. The van der Waals surface area contributed by atoms with Gasteiger partial charge >= 0.3 is 0 Å². The van der Waals surface area contributed by atoms with Crippen LogP contribution in [0, 0.1) is 0 Å². The Hall–Kier alpha value is -2.42. The average Bonchev–Trinajstić information content (AvgIpc) is 2.64. The lowest BCUT2D eigenvalue weighted by molar-refractivity contribution is 0.105. The number of allylic oxidation sites excluding steroid dienone is 1. The molecule has 0 aliphatic rings. The number of aromatic nitrogens is 1. The summed E-state index contributed by atoms with van der Waals surface area (Å²) in [6.07, 6.45) is 5.11. The number of benzene rings is 1. The van der Waals surface area contributed by atoms with Crippen molar-refractivity contribution in [3.8, 4) is 0 Å². The molecule has 0 saturated carbocycles. The van der Waals surface area contributed by atoms with Crippen LogP contribution < -0.4 is 0 Å². The molecule has 23 heavy (non-hydrogen) atoms. The van der Waals surface area contributed by atoms with Crippen LogP contribution in [0.4, 0.5) is 0 Å². The van der Waals surface area contributed by atoms with Crippen molar-refractivity contribution in [2.24, 2.45) is 0 Å². The van der Waals surface area contributed by atoms with Gasteiger partial charge in [-0.25, -0.2) is 0 Å². The molecule has 0 radical (unpaired) electrons. The van der Waals surface area contributed by atoms with Gasteiger partial charge in [0.05, 0.1) is 0 Å². The van der Waals surface area contributed by atoms with Crippen LogP contribution in [0.25, 0.3) is 5.57 Å². The summed E-state index contributed by atoms with van der Waals surface area (Å²) in [7, 11) is 3.81. The van der Waals surface area contributed by atoms with Gasteiger partial charge < -0.3 is 4.90 Å². The third kappa shape index (κ3) is 6.92. The van der Waals surface area contributed by atoms with Crippen molar-refractivity contribution in [3.63, 3.8) is 0 Å². The first kappa shape index (κ1) is 20.6. The van der Waals surface area contributed by atoms with Crippen molar-refractivity contribution in [1.29, 1.82) is 0 Å². The maximum Gasteiger partial charge on any atom is 0.195 e. The van der Waals surface area contributed by atoms with Gasteiger partial charge in [-0.3, -0.25) is 9.78 Å². The molecule has 1 aromatic heterocycles. The fourth-order valence-corrected chi connectivity index (χ4v) is 1.80. The van der Waals surface area contributed by atoms with Crippen molar-refractivity contribution in [2.45, 2.75) is 27.7 Å². The number of carbonyl (C=O) groups excluding carboxylic acids is 1. The lowest BCUT2D eigenvalue weighted by Gasteiger charge is -2.11. The molecule has 1 aromatic carbocycles. The Balaban J connectivity index is 0.00000112. The van der Waals surface area contributed by atoms with E-state index in [1.165, 1.54) is 0 Å². The predicted molar refractivity (Wildman–Crippen MR) is 99.4 cm³/mol. The van der Waals surface area contributed by atoms with E-state index in [0.717, 1.165) is 5.56 Å². The maximum absolute atomic E-state index is 12.6. The van der Waals surface area contributed by atoms with Gasteiger partial charge in [-0.05, 0) is 17.7 Å². The molecule has 0 saturated heterocycles. The molecule has 0 spiro atoms. The molecule has 0 amide bonds. The highest BCUT2D eigenvalue weighted by molar-refractivity contribution is 6.28. The van der Waals surface area contributed by atoms with Crippen LogP contribution in [0.5, 0.6) is 0 Å². The van der Waals surface area contributed by atoms with E-state index in [4.69, 9.17) is 0 Å². The number of pyridine rings is 1. The Morgan fingerprint density at radius 2 is 1.39 bits per heavy atom. The topological polar surface area (TPSA) is 33.2 Å². The van der Waals surface area contributed by atoms with Crippen molar-refractivity contribution < 1.29 is 4.79 Å². The van der Waals surface area contributed by atoms with E-state index in [9.17, 15) is 4.79 Å². The van der Waals surface area contributed by atoms with Crippen LogP contribution in [0.3, 0.4) is 0 Å². The fourth-order valence-electron chi connectivity index (χ4n) is 1.80. The SMILES string of the molecule is CC.CC.CN(C)/C=C(/C(=O)c1ccncc1)c1ccccc1. The molecule has 2 rings (SSSR count). The number of carbonyl (C=O) groups is 1. The Bertz CT molecular complexity index is 575. The van der Waals surface area contributed by atoms with Crippen LogP contribution in [0.1, 0.15) is 43.6 Å². The zero-order chi connectivity index (χ0) is 17.7. The summed E-state index contributed by atoms with van der Waals surface area (Å²) in [5.41, 5.74) is 2.24. The first-order valence-corrected chi connectivity index (χ1v) is 8.07. The number of hydrogen-bond donors (Lipinski definition) is 0. The smallest absolute Gasteiger partial charge is 0.195 e. The van der Waals surface area contributed by atoms with Crippen molar-refractivity contribution in [2.75, 3.05) is 14.1 Å². The van der Waals surface area contributed by atoms with Gasteiger partial charge in [-0.15, -0.1) is 0 Å². The van der Waals surface area contributed by atoms with E-state index < -0.39 is 0 Å². The second-order valence-corrected chi connectivity index (χ2v) is 4.44. The largest absolute Gasteiger partial charge is 0.383 e. The van der Waals surface area contributed by atoms with Gasteiger partial charge in [-0.2, -0.15) is 0 Å². The molecule has 124 valence electrons. The molecule has 3 nitrogen and oxygen atoms in total.